The van der Waals surface area contributed by atoms with Gasteiger partial charge in [-0.05, 0) is 17.9 Å². The Morgan fingerprint density at radius 1 is 1.32 bits per heavy atom. The van der Waals surface area contributed by atoms with Crippen molar-refractivity contribution in [1.82, 2.24) is 14.8 Å². The van der Waals surface area contributed by atoms with Gasteiger partial charge in [0, 0.05) is 28.7 Å². The van der Waals surface area contributed by atoms with Crippen LogP contribution in [-0.4, -0.2) is 32.1 Å². The molecule has 2 aromatic heterocycles. The Hall–Kier alpha value is -1.62. The van der Waals surface area contributed by atoms with E-state index in [4.69, 9.17) is 4.74 Å². The van der Waals surface area contributed by atoms with Gasteiger partial charge in [0.25, 0.3) is 0 Å². The first-order valence-electron chi connectivity index (χ1n) is 6.31. The van der Waals surface area contributed by atoms with E-state index in [-0.39, 0.29) is 5.41 Å². The normalized spacial score (nSPS) is 16.4. The monoisotopic (exact) mass is 270 g/mol. The highest BCUT2D eigenvalue weighted by Crippen LogP contribution is 2.39. The predicted molar refractivity (Wildman–Crippen MR) is 74.9 cm³/mol. The summed E-state index contributed by atoms with van der Waals surface area (Å²) < 4.78 is 7.51. The van der Waals surface area contributed by atoms with Gasteiger partial charge in [0.05, 0.1) is 29.7 Å². The molecule has 0 N–H and O–H groups in total. The summed E-state index contributed by atoms with van der Waals surface area (Å²) in [6.07, 6.45) is 4.70. The number of aromatic nitrogens is 3. The smallest absolute Gasteiger partial charge is 0.145 e. The maximum Gasteiger partial charge on any atom is 0.145 e. The molecule has 0 bridgehead atoms. The average Bonchev–Trinajstić information content (AvgIpc) is 2.84. The van der Waals surface area contributed by atoms with Crippen molar-refractivity contribution in [2.24, 2.45) is 5.41 Å². The van der Waals surface area contributed by atoms with Crippen molar-refractivity contribution in [2.75, 3.05) is 7.11 Å². The number of rotatable bonds is 2. The molecule has 0 saturated carbocycles. The van der Waals surface area contributed by atoms with Gasteiger partial charge in [0.1, 0.15) is 5.75 Å². The fraction of sp³-hybridized carbons (Fsp3) is 0.429. The van der Waals surface area contributed by atoms with Gasteiger partial charge in [0.15, 0.2) is 0 Å². The van der Waals surface area contributed by atoms with Gasteiger partial charge >= 0.3 is 0 Å². The van der Waals surface area contributed by atoms with Crippen molar-refractivity contribution in [3.05, 3.63) is 24.2 Å². The number of pyridine rings is 1. The third-order valence-corrected chi connectivity index (χ3v) is 3.82. The maximum absolute atomic E-state index is 5.41. The van der Waals surface area contributed by atoms with Crippen molar-refractivity contribution in [3.8, 4) is 16.9 Å². The van der Waals surface area contributed by atoms with Crippen LogP contribution >= 0.6 is 0 Å². The van der Waals surface area contributed by atoms with E-state index in [2.05, 4.69) is 38.9 Å². The fourth-order valence-corrected chi connectivity index (χ4v) is 2.90. The van der Waals surface area contributed by atoms with Crippen molar-refractivity contribution in [3.63, 3.8) is 0 Å². The summed E-state index contributed by atoms with van der Waals surface area (Å²) >= 11 is 0. The molecule has 3 rings (SSSR count). The van der Waals surface area contributed by atoms with Crippen LogP contribution in [0, 0.1) is 5.41 Å². The molecule has 0 aliphatic carbocycles. The number of hydrogen-bond donors (Lipinski definition) is 0. The van der Waals surface area contributed by atoms with Crippen molar-refractivity contribution < 1.29 is 4.74 Å². The lowest BCUT2D eigenvalue weighted by Crippen LogP contribution is -2.13. The van der Waals surface area contributed by atoms with Crippen LogP contribution < -0.4 is 10.1 Å². The molecule has 0 fully saturated rings. The first-order chi connectivity index (χ1) is 9.00. The van der Waals surface area contributed by atoms with Gasteiger partial charge in [-0.25, -0.2) is 0 Å². The third kappa shape index (κ3) is 2.08. The first kappa shape index (κ1) is 12.4. The summed E-state index contributed by atoms with van der Waals surface area (Å²) in [5, 5.41) is 5.30. The molecule has 0 amide bonds. The second-order valence-electron chi connectivity index (χ2n) is 5.77. The van der Waals surface area contributed by atoms with Crippen LogP contribution in [-0.2, 0) is 13.0 Å². The maximum atomic E-state index is 5.41. The highest BCUT2D eigenvalue weighted by molar-refractivity contribution is 6.31. The molecular weight excluding hydrogens is 254 g/mol. The summed E-state index contributed by atoms with van der Waals surface area (Å²) in [6, 6.07) is 1.99. The molecular formula is C14H16N3OSi. The van der Waals surface area contributed by atoms with E-state index in [1.54, 1.807) is 13.3 Å². The van der Waals surface area contributed by atoms with E-state index >= 15 is 0 Å². The molecule has 1 aliphatic rings. The first-order valence-corrected chi connectivity index (χ1v) is 6.81. The van der Waals surface area contributed by atoms with Gasteiger partial charge in [0.2, 0.25) is 0 Å². The summed E-state index contributed by atoms with van der Waals surface area (Å²) in [5.74, 6) is 0.780. The van der Waals surface area contributed by atoms with Crippen LogP contribution in [0.3, 0.4) is 0 Å². The highest BCUT2D eigenvalue weighted by atomic mass is 28.1. The summed E-state index contributed by atoms with van der Waals surface area (Å²) in [6.45, 7) is 5.51. The van der Waals surface area contributed by atoms with E-state index in [1.165, 1.54) is 5.69 Å². The molecule has 0 unspecified atom stereocenters. The zero-order valence-electron chi connectivity index (χ0n) is 11.4. The third-order valence-electron chi connectivity index (χ3n) is 3.55. The Morgan fingerprint density at radius 3 is 2.84 bits per heavy atom. The lowest BCUT2D eigenvalue weighted by atomic mass is 9.89. The molecule has 5 heteroatoms. The van der Waals surface area contributed by atoms with Crippen LogP contribution in [0.25, 0.3) is 11.1 Å². The lowest BCUT2D eigenvalue weighted by Gasteiger charge is -2.15. The lowest BCUT2D eigenvalue weighted by molar-refractivity contribution is 0.347. The molecule has 0 spiro atoms. The van der Waals surface area contributed by atoms with Crippen molar-refractivity contribution in [2.45, 2.75) is 26.8 Å². The van der Waals surface area contributed by atoms with Crippen LogP contribution in [0.1, 0.15) is 19.5 Å². The molecule has 4 nitrogen and oxygen atoms in total. The molecule has 19 heavy (non-hydrogen) atoms. The standard InChI is InChI=1S/C14H16N3OSi/c1-14(2)5-11-10(6-16-17(11)8-14)9-4-13(19)15-7-12(9)18-3/h4,6-7H,5,8H2,1-3H3. The summed E-state index contributed by atoms with van der Waals surface area (Å²) in [7, 11) is 5.14. The minimum Gasteiger partial charge on any atom is -0.494 e. The summed E-state index contributed by atoms with van der Waals surface area (Å²) in [5.41, 5.74) is 3.74. The number of nitrogens with zero attached hydrogens (tertiary/aromatic N) is 3. The molecule has 97 valence electrons. The predicted octanol–water partition coefficient (Wildman–Crippen LogP) is 1.33. The highest BCUT2D eigenvalue weighted by Gasteiger charge is 2.32. The quantitative estimate of drug-likeness (QED) is 0.773. The molecule has 1 aliphatic heterocycles. The molecule has 2 aromatic rings. The van der Waals surface area contributed by atoms with Crippen LogP contribution in [0.4, 0.5) is 0 Å². The van der Waals surface area contributed by atoms with Crippen LogP contribution in [0.5, 0.6) is 5.75 Å². The Bertz CT molecular complexity index is 634. The SMILES string of the molecule is COc1cnc([Si])cc1-c1cnn2c1CC(C)(C)C2. The van der Waals surface area contributed by atoms with Crippen molar-refractivity contribution >= 4 is 15.6 Å². The van der Waals surface area contributed by atoms with E-state index in [0.29, 0.717) is 0 Å². The van der Waals surface area contributed by atoms with E-state index in [9.17, 15) is 0 Å². The van der Waals surface area contributed by atoms with Gasteiger partial charge in [-0.3, -0.25) is 9.67 Å². The number of fused-ring (bicyclic) bond motifs is 1. The van der Waals surface area contributed by atoms with Crippen LogP contribution in [0.2, 0.25) is 0 Å². The van der Waals surface area contributed by atoms with E-state index < -0.39 is 0 Å². The molecule has 3 heterocycles. The van der Waals surface area contributed by atoms with Gasteiger partial charge in [-0.15, -0.1) is 0 Å². The zero-order valence-corrected chi connectivity index (χ0v) is 12.4. The Balaban J connectivity index is 2.13. The minimum absolute atomic E-state index is 0.273. The molecule has 0 atom stereocenters. The van der Waals surface area contributed by atoms with E-state index in [1.807, 2.05) is 12.3 Å². The Morgan fingerprint density at radius 2 is 2.11 bits per heavy atom. The van der Waals surface area contributed by atoms with Crippen LogP contribution in [0.15, 0.2) is 18.5 Å². The average molecular weight is 270 g/mol. The topological polar surface area (TPSA) is 39.9 Å². The molecule has 3 radical (unpaired) electrons. The van der Waals surface area contributed by atoms with Gasteiger partial charge in [-0.1, -0.05) is 13.8 Å². The fourth-order valence-electron chi connectivity index (χ4n) is 2.69. The number of ether oxygens (including phenoxy) is 1. The Labute approximate surface area is 116 Å². The minimum atomic E-state index is 0.273. The molecule has 0 aromatic carbocycles. The van der Waals surface area contributed by atoms with Crippen molar-refractivity contribution in [1.29, 1.82) is 0 Å². The second-order valence-corrected chi connectivity index (χ2v) is 6.29. The van der Waals surface area contributed by atoms with E-state index in [0.717, 1.165) is 35.2 Å². The zero-order chi connectivity index (χ0) is 13.6. The largest absolute Gasteiger partial charge is 0.494 e. The summed E-state index contributed by atoms with van der Waals surface area (Å²) in [4.78, 5) is 4.20. The number of methoxy groups -OCH3 is 1. The molecule has 0 saturated heterocycles. The Kier molecular flexibility index (Phi) is 2.74. The van der Waals surface area contributed by atoms with Gasteiger partial charge in [-0.2, -0.15) is 5.10 Å². The van der Waals surface area contributed by atoms with Gasteiger partial charge < -0.3 is 4.74 Å². The number of hydrogen-bond acceptors (Lipinski definition) is 3. The second kappa shape index (κ2) is 4.20.